The molecule has 7 nitrogen and oxygen atoms in total. The molecular weight excluding hydrogens is 252 g/mol. The van der Waals surface area contributed by atoms with E-state index in [1.807, 2.05) is 0 Å². The van der Waals surface area contributed by atoms with Crippen molar-refractivity contribution in [3.8, 4) is 0 Å². The summed E-state index contributed by atoms with van der Waals surface area (Å²) in [4.78, 5) is 22.0. The van der Waals surface area contributed by atoms with E-state index in [1.54, 1.807) is 0 Å². The van der Waals surface area contributed by atoms with E-state index in [1.165, 1.54) is 12.1 Å². The van der Waals surface area contributed by atoms with Crippen LogP contribution in [0.1, 0.15) is 23.2 Å². The molecule has 1 heterocycles. The van der Waals surface area contributed by atoms with E-state index in [0.717, 1.165) is 6.07 Å². The summed E-state index contributed by atoms with van der Waals surface area (Å²) in [6.07, 6.45) is 1.03. The van der Waals surface area contributed by atoms with Crippen molar-refractivity contribution in [1.29, 1.82) is 0 Å². The summed E-state index contributed by atoms with van der Waals surface area (Å²) in [6.45, 7) is 1.09. The first kappa shape index (κ1) is 13.3. The molecular formula is C12H14N2O5. The summed E-state index contributed by atoms with van der Waals surface area (Å²) in [5.74, 6) is -0.631. The lowest BCUT2D eigenvalue weighted by molar-refractivity contribution is -0.384. The molecule has 1 fully saturated rings. The van der Waals surface area contributed by atoms with E-state index in [4.69, 9.17) is 15.2 Å². The van der Waals surface area contributed by atoms with Crippen LogP contribution in [0.5, 0.6) is 0 Å². The Morgan fingerprint density at radius 1 is 1.42 bits per heavy atom. The van der Waals surface area contributed by atoms with Crippen LogP contribution >= 0.6 is 0 Å². The Morgan fingerprint density at radius 3 is 2.74 bits per heavy atom. The molecule has 1 saturated heterocycles. The number of anilines is 1. The van der Waals surface area contributed by atoms with Crippen LogP contribution in [-0.4, -0.2) is 30.2 Å². The number of carbonyl (C=O) groups is 1. The molecule has 1 aliphatic rings. The number of rotatable bonds is 3. The van der Waals surface area contributed by atoms with Crippen LogP contribution in [0.2, 0.25) is 0 Å². The molecule has 1 aliphatic heterocycles. The molecule has 0 bridgehead atoms. The van der Waals surface area contributed by atoms with Crippen LogP contribution in [0.3, 0.4) is 0 Å². The largest absolute Gasteiger partial charge is 0.459 e. The lowest BCUT2D eigenvalue weighted by Gasteiger charge is -2.22. The van der Waals surface area contributed by atoms with Gasteiger partial charge in [-0.25, -0.2) is 4.79 Å². The monoisotopic (exact) mass is 266 g/mol. The Labute approximate surface area is 109 Å². The Balaban J connectivity index is 2.13. The average Bonchev–Trinajstić information content (AvgIpc) is 2.40. The van der Waals surface area contributed by atoms with E-state index >= 15 is 0 Å². The summed E-state index contributed by atoms with van der Waals surface area (Å²) in [6, 6.07) is 3.72. The van der Waals surface area contributed by atoms with Gasteiger partial charge in [0.05, 0.1) is 23.7 Å². The number of nitrogen functional groups attached to an aromatic ring is 1. The van der Waals surface area contributed by atoms with Gasteiger partial charge in [0, 0.05) is 30.7 Å². The van der Waals surface area contributed by atoms with Gasteiger partial charge in [-0.2, -0.15) is 0 Å². The average molecular weight is 266 g/mol. The van der Waals surface area contributed by atoms with Crippen molar-refractivity contribution in [1.82, 2.24) is 0 Å². The standard InChI is InChI=1S/C12H14N2O5/c13-11-2-1-8(14(16)17)7-10(11)12(15)19-9-3-5-18-6-4-9/h1-2,7,9H,3-6,13H2. The van der Waals surface area contributed by atoms with Crippen molar-refractivity contribution in [2.24, 2.45) is 0 Å². The third kappa shape index (κ3) is 3.19. The molecule has 2 rings (SSSR count). The first-order valence-corrected chi connectivity index (χ1v) is 5.90. The molecule has 0 aliphatic carbocycles. The van der Waals surface area contributed by atoms with Crippen molar-refractivity contribution in [2.45, 2.75) is 18.9 Å². The van der Waals surface area contributed by atoms with Gasteiger partial charge in [0.25, 0.3) is 5.69 Å². The van der Waals surface area contributed by atoms with E-state index in [2.05, 4.69) is 0 Å². The maximum atomic E-state index is 11.9. The van der Waals surface area contributed by atoms with E-state index in [0.29, 0.717) is 26.1 Å². The number of hydrogen-bond donors (Lipinski definition) is 1. The molecule has 0 spiro atoms. The number of benzene rings is 1. The highest BCUT2D eigenvalue weighted by atomic mass is 16.6. The highest BCUT2D eigenvalue weighted by Gasteiger charge is 2.22. The minimum absolute atomic E-state index is 0.0284. The smallest absolute Gasteiger partial charge is 0.340 e. The summed E-state index contributed by atoms with van der Waals surface area (Å²) >= 11 is 0. The van der Waals surface area contributed by atoms with Crippen molar-refractivity contribution in [3.05, 3.63) is 33.9 Å². The SMILES string of the molecule is Nc1ccc([N+](=O)[O-])cc1C(=O)OC1CCOCC1. The molecule has 19 heavy (non-hydrogen) atoms. The van der Waals surface area contributed by atoms with Gasteiger partial charge in [-0.1, -0.05) is 0 Å². The number of nitro benzene ring substituents is 1. The summed E-state index contributed by atoms with van der Waals surface area (Å²) in [5.41, 5.74) is 5.66. The van der Waals surface area contributed by atoms with Gasteiger partial charge in [-0.05, 0) is 6.07 Å². The second kappa shape index (κ2) is 5.66. The van der Waals surface area contributed by atoms with E-state index in [9.17, 15) is 14.9 Å². The third-order valence-corrected chi connectivity index (χ3v) is 2.91. The number of esters is 1. The zero-order chi connectivity index (χ0) is 13.8. The lowest BCUT2D eigenvalue weighted by Crippen LogP contribution is -2.26. The number of non-ortho nitro benzene ring substituents is 1. The number of hydrogen-bond acceptors (Lipinski definition) is 6. The number of ether oxygens (including phenoxy) is 2. The zero-order valence-corrected chi connectivity index (χ0v) is 10.2. The highest BCUT2D eigenvalue weighted by molar-refractivity contribution is 5.95. The number of nitro groups is 1. The number of carbonyl (C=O) groups excluding carboxylic acids is 1. The lowest BCUT2D eigenvalue weighted by atomic mass is 10.1. The van der Waals surface area contributed by atoms with Gasteiger partial charge in [0.2, 0.25) is 0 Å². The van der Waals surface area contributed by atoms with Crippen LogP contribution in [0.25, 0.3) is 0 Å². The Hall–Kier alpha value is -2.15. The van der Waals surface area contributed by atoms with Crippen molar-refractivity contribution >= 4 is 17.3 Å². The molecule has 0 amide bonds. The molecule has 1 aromatic carbocycles. The van der Waals surface area contributed by atoms with Crippen LogP contribution in [0, 0.1) is 10.1 Å². The summed E-state index contributed by atoms with van der Waals surface area (Å²) < 4.78 is 10.4. The topological polar surface area (TPSA) is 105 Å². The predicted molar refractivity (Wildman–Crippen MR) is 66.8 cm³/mol. The molecule has 7 heteroatoms. The molecule has 0 atom stereocenters. The minimum Gasteiger partial charge on any atom is -0.459 e. The highest BCUT2D eigenvalue weighted by Crippen LogP contribution is 2.22. The fourth-order valence-corrected chi connectivity index (χ4v) is 1.84. The maximum Gasteiger partial charge on any atom is 0.340 e. The molecule has 0 aromatic heterocycles. The van der Waals surface area contributed by atoms with Crippen molar-refractivity contribution in [3.63, 3.8) is 0 Å². The van der Waals surface area contributed by atoms with Gasteiger partial charge < -0.3 is 15.2 Å². The molecule has 1 aromatic rings. The molecule has 2 N–H and O–H groups in total. The third-order valence-electron chi connectivity index (χ3n) is 2.91. The Kier molecular flexibility index (Phi) is 3.96. The minimum atomic E-state index is -0.631. The maximum absolute atomic E-state index is 11.9. The van der Waals surface area contributed by atoms with Gasteiger partial charge >= 0.3 is 5.97 Å². The quantitative estimate of drug-likeness (QED) is 0.385. The fourth-order valence-electron chi connectivity index (χ4n) is 1.84. The van der Waals surface area contributed by atoms with Crippen LogP contribution in [0.4, 0.5) is 11.4 Å². The van der Waals surface area contributed by atoms with Gasteiger partial charge in [0.15, 0.2) is 0 Å². The predicted octanol–water partition coefficient (Wildman–Crippen LogP) is 1.51. The zero-order valence-electron chi connectivity index (χ0n) is 10.2. The first-order valence-electron chi connectivity index (χ1n) is 5.90. The van der Waals surface area contributed by atoms with Crippen molar-refractivity contribution < 1.29 is 19.2 Å². The van der Waals surface area contributed by atoms with Gasteiger partial charge in [-0.15, -0.1) is 0 Å². The second-order valence-corrected chi connectivity index (χ2v) is 4.25. The number of nitrogens with zero attached hydrogens (tertiary/aromatic N) is 1. The second-order valence-electron chi connectivity index (χ2n) is 4.25. The van der Waals surface area contributed by atoms with Crippen LogP contribution in [-0.2, 0) is 9.47 Å². The molecule has 0 radical (unpaired) electrons. The van der Waals surface area contributed by atoms with E-state index < -0.39 is 10.9 Å². The number of nitrogens with two attached hydrogens (primary N) is 1. The van der Waals surface area contributed by atoms with Crippen LogP contribution < -0.4 is 5.73 Å². The fraction of sp³-hybridized carbons (Fsp3) is 0.417. The van der Waals surface area contributed by atoms with E-state index in [-0.39, 0.29) is 23.0 Å². The van der Waals surface area contributed by atoms with Crippen molar-refractivity contribution in [2.75, 3.05) is 18.9 Å². The molecule has 0 unspecified atom stereocenters. The first-order chi connectivity index (χ1) is 9.08. The Bertz CT molecular complexity index is 497. The molecule has 102 valence electrons. The molecule has 0 saturated carbocycles. The Morgan fingerprint density at radius 2 is 2.11 bits per heavy atom. The summed E-state index contributed by atoms with van der Waals surface area (Å²) in [5, 5.41) is 10.7. The van der Waals surface area contributed by atoms with Gasteiger partial charge in [0.1, 0.15) is 6.10 Å². The van der Waals surface area contributed by atoms with Gasteiger partial charge in [-0.3, -0.25) is 10.1 Å². The normalized spacial score (nSPS) is 16.0. The van der Waals surface area contributed by atoms with Crippen LogP contribution in [0.15, 0.2) is 18.2 Å². The summed E-state index contributed by atoms with van der Waals surface area (Å²) in [7, 11) is 0.